The van der Waals surface area contributed by atoms with Crippen molar-refractivity contribution in [1.82, 2.24) is 28.6 Å². The topological polar surface area (TPSA) is 237 Å². The Balaban J connectivity index is 0.000000303. The summed E-state index contributed by atoms with van der Waals surface area (Å²) in [6, 6.07) is 9.51. The number of nitrogens with zero attached hydrogens (tertiary/aromatic N) is 6. The standard InChI is InChI=1S/C20H4.C16H13BrClFN4O5.C16H14BrFN4O5.CH4/c1-3-5-7-9-11-13-15-17-19-20-18-16-14-12-10-8-6-4-2;1-22-14-11(15(26)23(6-20-14)28-10(25)5-24)13(12(18)16(22)27)21-9-3-2-7(17)4-8(9)19;1-21-12(24)5-11(20-10-3-2-8(17)4-9(10)18)14-15(21)19-7-22(16(14)26)27-13(25)6-23;/h1-2H2;2-4,6,10,21,24-25H,5H2,1H3;2-5,7,13,20,23,25H,6H2,1H3;1H4/t;10-;13-;/m.11./s1. The fourth-order valence-electron chi connectivity index (χ4n) is 5.36. The van der Waals surface area contributed by atoms with E-state index in [1.165, 1.54) is 38.4 Å². The van der Waals surface area contributed by atoms with E-state index in [0.717, 1.165) is 27.9 Å². The van der Waals surface area contributed by atoms with Crippen LogP contribution in [0.15, 0.2) is 200 Å². The Bertz CT molecular complexity index is 4140. The molecular weight excluding hydrogens is 1140 g/mol. The van der Waals surface area contributed by atoms with Crippen LogP contribution in [0.3, 0.4) is 0 Å². The zero-order valence-electron chi connectivity index (χ0n) is 38.5. The fraction of sp³-hybridized carbons (Fsp3) is 0.132. The van der Waals surface area contributed by atoms with Gasteiger partial charge in [0.25, 0.3) is 22.2 Å². The van der Waals surface area contributed by atoms with E-state index in [9.17, 15) is 38.2 Å². The van der Waals surface area contributed by atoms with Gasteiger partial charge in [0.1, 0.15) is 53.3 Å². The van der Waals surface area contributed by atoms with Gasteiger partial charge in [0.15, 0.2) is 11.3 Å². The lowest BCUT2D eigenvalue weighted by Gasteiger charge is -2.16. The summed E-state index contributed by atoms with van der Waals surface area (Å²) >= 11 is 12.4. The van der Waals surface area contributed by atoms with E-state index in [4.69, 9.17) is 31.5 Å². The Morgan fingerprint density at radius 3 is 1.38 bits per heavy atom. The highest BCUT2D eigenvalue weighted by molar-refractivity contribution is 9.10. The summed E-state index contributed by atoms with van der Waals surface area (Å²) in [5.74, 6) is -1.26. The van der Waals surface area contributed by atoms with Crippen LogP contribution in [-0.2, 0) is 14.1 Å². The predicted molar refractivity (Wildman–Crippen MR) is 283 cm³/mol. The molecule has 0 aliphatic carbocycles. The van der Waals surface area contributed by atoms with Crippen LogP contribution in [0.25, 0.3) is 22.1 Å². The first-order valence-corrected chi connectivity index (χ1v) is 22.3. The van der Waals surface area contributed by atoms with Gasteiger partial charge in [-0.3, -0.25) is 28.3 Å². The second-order valence-electron chi connectivity index (χ2n) is 13.5. The van der Waals surface area contributed by atoms with Gasteiger partial charge in [-0.25, -0.2) is 18.7 Å². The van der Waals surface area contributed by atoms with Crippen molar-refractivity contribution in [2.45, 2.75) is 20.0 Å². The van der Waals surface area contributed by atoms with Gasteiger partial charge >= 0.3 is 0 Å². The summed E-state index contributed by atoms with van der Waals surface area (Å²) in [5, 5.41) is 41.3. The molecule has 0 aliphatic rings. The van der Waals surface area contributed by atoms with Gasteiger partial charge in [-0.2, -0.15) is 0 Å². The van der Waals surface area contributed by atoms with Crippen LogP contribution >= 0.6 is 43.5 Å². The number of aromatic nitrogens is 6. The molecule has 0 fully saturated rings. The highest BCUT2D eigenvalue weighted by Gasteiger charge is 2.22. The van der Waals surface area contributed by atoms with Crippen LogP contribution in [0.1, 0.15) is 7.43 Å². The first kappa shape index (κ1) is 60.9. The minimum Gasteiger partial charge on any atom is -0.390 e. The van der Waals surface area contributed by atoms with Crippen molar-refractivity contribution >= 4 is 88.3 Å². The smallest absolute Gasteiger partial charge is 0.297 e. The molecule has 23 heteroatoms. The molecular formula is C53H35Br2ClF2N8O10. The SMILES string of the molecule is C.C=C=C=C=C=C=C=C=C=C=C=C=C=C=C=C=C=C=C=C.Cn1c(=O)c(Cl)c(Nc2ccc(Br)cc2F)c2c(=O)n(O[C@@H](O)CO)cnc21.Cn1c(=O)cc(Nc2ccc(Br)cc2F)c2c(=O)n(O[C@@H](O)CO)cnc21. The Hall–Kier alpha value is -9.45. The molecule has 18 nitrogen and oxygen atoms in total. The quantitative estimate of drug-likeness (QED) is 0.0699. The van der Waals surface area contributed by atoms with Crippen molar-refractivity contribution in [3.63, 3.8) is 0 Å². The number of fused-ring (bicyclic) bond motifs is 2. The minimum absolute atomic E-state index is 0. The number of rotatable bonds is 10. The van der Waals surface area contributed by atoms with Crippen LogP contribution in [-0.4, -0.2) is 74.8 Å². The third-order valence-corrected chi connectivity index (χ3v) is 9.94. The molecule has 0 radical (unpaired) electrons. The molecule has 0 unspecified atom stereocenters. The molecule has 2 atom stereocenters. The second kappa shape index (κ2) is 30.6. The molecule has 0 spiro atoms. The van der Waals surface area contributed by atoms with Gasteiger partial charge < -0.3 is 40.7 Å². The second-order valence-corrected chi connectivity index (χ2v) is 15.7. The van der Waals surface area contributed by atoms with E-state index in [2.05, 4.69) is 169 Å². The van der Waals surface area contributed by atoms with Gasteiger partial charge in [0.05, 0.1) is 22.7 Å². The summed E-state index contributed by atoms with van der Waals surface area (Å²) < 4.78 is 32.8. The third kappa shape index (κ3) is 17.1. The van der Waals surface area contributed by atoms with E-state index in [-0.39, 0.29) is 57.3 Å². The normalized spacial score (nSPS) is 9.83. The van der Waals surface area contributed by atoms with Crippen molar-refractivity contribution in [2.24, 2.45) is 14.1 Å². The average Bonchev–Trinajstić information content (AvgIpc) is 3.39. The maximum atomic E-state index is 14.2. The zero-order valence-corrected chi connectivity index (χ0v) is 42.4. The summed E-state index contributed by atoms with van der Waals surface area (Å²) in [7, 11) is 2.79. The molecule has 76 heavy (non-hydrogen) atoms. The Morgan fingerprint density at radius 1 is 0.605 bits per heavy atom. The van der Waals surface area contributed by atoms with Crippen LogP contribution in [0.5, 0.6) is 0 Å². The molecule has 2 aromatic carbocycles. The minimum atomic E-state index is -1.68. The lowest BCUT2D eigenvalue weighted by molar-refractivity contribution is -0.131. The lowest BCUT2D eigenvalue weighted by atomic mass is 10.2. The summed E-state index contributed by atoms with van der Waals surface area (Å²) in [5.41, 5.74) is 41.5. The van der Waals surface area contributed by atoms with E-state index in [1.807, 2.05) is 0 Å². The van der Waals surface area contributed by atoms with E-state index in [0.29, 0.717) is 18.4 Å². The molecule has 382 valence electrons. The average molecular weight is 1180 g/mol. The molecule has 6 N–H and O–H groups in total. The Morgan fingerprint density at radius 2 is 0.987 bits per heavy atom. The molecule has 4 aromatic heterocycles. The van der Waals surface area contributed by atoms with Crippen molar-refractivity contribution in [3.8, 4) is 0 Å². The van der Waals surface area contributed by atoms with Crippen molar-refractivity contribution in [2.75, 3.05) is 23.8 Å². The highest BCUT2D eigenvalue weighted by atomic mass is 79.9. The molecule has 0 saturated heterocycles. The number of anilines is 4. The van der Waals surface area contributed by atoms with Crippen LogP contribution in [0.4, 0.5) is 31.5 Å². The number of nitrogens with one attached hydrogen (secondary N) is 2. The van der Waals surface area contributed by atoms with Crippen LogP contribution < -0.4 is 42.5 Å². The number of pyridine rings is 2. The Labute approximate surface area is 449 Å². The molecule has 0 bridgehead atoms. The highest BCUT2D eigenvalue weighted by Crippen LogP contribution is 2.30. The van der Waals surface area contributed by atoms with Gasteiger partial charge in [0, 0.05) is 29.1 Å². The monoisotopic (exact) mass is 1170 g/mol. The molecule has 0 aliphatic heterocycles. The first-order chi connectivity index (χ1) is 36.0. The third-order valence-electron chi connectivity index (χ3n) is 8.60. The van der Waals surface area contributed by atoms with Gasteiger partial charge in [-0.1, -0.05) is 62.3 Å². The molecule has 0 saturated carbocycles. The predicted octanol–water partition coefficient (Wildman–Crippen LogP) is 5.84. The van der Waals surface area contributed by atoms with Crippen molar-refractivity contribution in [3.05, 3.63) is 238 Å². The summed E-state index contributed by atoms with van der Waals surface area (Å²) in [6.45, 7) is 5.08. The van der Waals surface area contributed by atoms with E-state index < -0.39 is 59.7 Å². The molecule has 6 rings (SSSR count). The zero-order chi connectivity index (χ0) is 55.0. The maximum absolute atomic E-state index is 14.2. The van der Waals surface area contributed by atoms with Gasteiger partial charge in [0.2, 0.25) is 12.6 Å². The van der Waals surface area contributed by atoms with E-state index in [1.54, 1.807) is 12.1 Å². The van der Waals surface area contributed by atoms with Crippen LogP contribution in [0, 0.1) is 11.6 Å². The number of aryl methyl sites for hydroxylation is 2. The lowest BCUT2D eigenvalue weighted by Crippen LogP contribution is -2.36. The number of aliphatic hydroxyl groups is 4. The summed E-state index contributed by atoms with van der Waals surface area (Å²) in [4.78, 5) is 67.8. The number of hydrogen-bond acceptors (Lipinski definition) is 14. The van der Waals surface area contributed by atoms with Gasteiger partial charge in [-0.05, 0) is 141 Å². The Kier molecular flexibility index (Phi) is 24.5. The largest absolute Gasteiger partial charge is 0.390 e. The number of aliphatic hydroxyl groups excluding tert-OH is 4. The fourth-order valence-corrected chi connectivity index (χ4v) is 6.30. The van der Waals surface area contributed by atoms with Crippen molar-refractivity contribution in [1.29, 1.82) is 0 Å². The summed E-state index contributed by atoms with van der Waals surface area (Å²) in [6.07, 6.45) is -1.43. The molecule has 0 amide bonds. The first-order valence-electron chi connectivity index (χ1n) is 20.3. The van der Waals surface area contributed by atoms with Crippen molar-refractivity contribution < 1.29 is 38.9 Å². The number of benzene rings is 2. The maximum Gasteiger partial charge on any atom is 0.297 e. The number of halogens is 5. The number of hydrogen-bond donors (Lipinski definition) is 6. The van der Waals surface area contributed by atoms with E-state index >= 15 is 0 Å². The molecule has 6 aromatic rings. The molecule has 4 heterocycles. The van der Waals surface area contributed by atoms with Crippen LogP contribution in [0.2, 0.25) is 5.02 Å². The van der Waals surface area contributed by atoms with Gasteiger partial charge in [-0.15, -0.1) is 9.46 Å².